The molecule has 2 unspecified atom stereocenters. The first-order valence-electron chi connectivity index (χ1n) is 5.74. The van der Waals surface area contributed by atoms with Crippen molar-refractivity contribution < 1.29 is 0 Å². The summed E-state index contributed by atoms with van der Waals surface area (Å²) in [5, 5.41) is 7.68. The lowest BCUT2D eigenvalue weighted by Crippen LogP contribution is -2.32. The Morgan fingerprint density at radius 2 is 2.22 bits per heavy atom. The lowest BCUT2D eigenvalue weighted by atomic mass is 10.1. The van der Waals surface area contributed by atoms with Gasteiger partial charge < -0.3 is 5.32 Å². The average molecular weight is 304 g/mol. The summed E-state index contributed by atoms with van der Waals surface area (Å²) >= 11 is 13.5. The van der Waals surface area contributed by atoms with Gasteiger partial charge in [0.1, 0.15) is 0 Å². The van der Waals surface area contributed by atoms with Crippen molar-refractivity contribution in [3.63, 3.8) is 0 Å². The molecule has 0 bridgehead atoms. The van der Waals surface area contributed by atoms with Gasteiger partial charge in [-0.3, -0.25) is 4.68 Å². The number of halogens is 2. The zero-order valence-electron chi connectivity index (χ0n) is 10.2. The maximum Gasteiger partial charge on any atom is 0.0991 e. The van der Waals surface area contributed by atoms with E-state index in [1.807, 2.05) is 23.0 Å². The number of nitrogens with one attached hydrogen (secondary N) is 1. The van der Waals surface area contributed by atoms with Gasteiger partial charge in [-0.15, -0.1) is 11.3 Å². The van der Waals surface area contributed by atoms with E-state index in [4.69, 9.17) is 23.2 Å². The van der Waals surface area contributed by atoms with E-state index in [9.17, 15) is 0 Å². The molecule has 1 N–H and O–H groups in total. The van der Waals surface area contributed by atoms with Gasteiger partial charge in [0.2, 0.25) is 0 Å². The van der Waals surface area contributed by atoms with Crippen molar-refractivity contribution >= 4 is 34.5 Å². The van der Waals surface area contributed by atoms with Crippen LogP contribution in [0, 0.1) is 0 Å². The third-order valence-electron chi connectivity index (χ3n) is 2.70. The van der Waals surface area contributed by atoms with E-state index < -0.39 is 0 Å². The second kappa shape index (κ2) is 6.06. The quantitative estimate of drug-likeness (QED) is 0.905. The predicted octanol–water partition coefficient (Wildman–Crippen LogP) is 3.99. The van der Waals surface area contributed by atoms with Gasteiger partial charge in [0.15, 0.2) is 0 Å². The van der Waals surface area contributed by atoms with E-state index in [0.29, 0.717) is 6.04 Å². The molecule has 0 saturated heterocycles. The zero-order valence-corrected chi connectivity index (χ0v) is 12.6. The molecule has 0 spiro atoms. The molecule has 98 valence electrons. The summed E-state index contributed by atoms with van der Waals surface area (Å²) < 4.78 is 3.39. The Hall–Kier alpha value is -0.550. The monoisotopic (exact) mass is 303 g/mol. The smallest absolute Gasteiger partial charge is 0.0991 e. The number of thiophene rings is 1. The lowest BCUT2D eigenvalue weighted by molar-refractivity contribution is 0.413. The van der Waals surface area contributed by atoms with Crippen molar-refractivity contribution in [1.82, 2.24) is 15.1 Å². The lowest BCUT2D eigenvalue weighted by Gasteiger charge is -2.19. The molecular weight excluding hydrogens is 289 g/mol. The maximum atomic E-state index is 6.14. The first kappa shape index (κ1) is 13.9. The topological polar surface area (TPSA) is 29.9 Å². The van der Waals surface area contributed by atoms with Crippen molar-refractivity contribution in [3.05, 3.63) is 38.8 Å². The third-order valence-corrected chi connectivity index (χ3v) is 4.22. The number of nitrogens with zero attached hydrogens (tertiary/aromatic N) is 2. The largest absolute Gasteiger partial charge is 0.306 e. The highest BCUT2D eigenvalue weighted by atomic mass is 35.5. The summed E-state index contributed by atoms with van der Waals surface area (Å²) in [4.78, 5) is 0. The first-order chi connectivity index (χ1) is 8.56. The molecule has 0 amide bonds. The molecule has 18 heavy (non-hydrogen) atoms. The van der Waals surface area contributed by atoms with Gasteiger partial charge in [0.05, 0.1) is 15.2 Å². The molecule has 0 aromatic carbocycles. The number of rotatable bonds is 5. The van der Waals surface area contributed by atoms with Crippen LogP contribution in [0.2, 0.25) is 8.67 Å². The van der Waals surface area contributed by atoms with E-state index in [-0.39, 0.29) is 6.04 Å². The van der Waals surface area contributed by atoms with E-state index in [2.05, 4.69) is 24.3 Å². The highest BCUT2D eigenvalue weighted by Gasteiger charge is 2.15. The van der Waals surface area contributed by atoms with Crippen molar-refractivity contribution in [2.75, 3.05) is 0 Å². The fourth-order valence-corrected chi connectivity index (χ4v) is 3.55. The van der Waals surface area contributed by atoms with Gasteiger partial charge in [0.25, 0.3) is 0 Å². The molecule has 0 aliphatic heterocycles. The fourth-order valence-electron chi connectivity index (χ4n) is 1.91. The van der Waals surface area contributed by atoms with Gasteiger partial charge >= 0.3 is 0 Å². The van der Waals surface area contributed by atoms with Crippen LogP contribution in [-0.2, 0) is 6.54 Å². The Kier molecular flexibility index (Phi) is 4.67. The van der Waals surface area contributed by atoms with Crippen molar-refractivity contribution in [3.8, 4) is 0 Å². The van der Waals surface area contributed by atoms with E-state index in [1.165, 1.54) is 11.3 Å². The Morgan fingerprint density at radius 3 is 2.78 bits per heavy atom. The van der Waals surface area contributed by atoms with Crippen LogP contribution in [0.3, 0.4) is 0 Å². The van der Waals surface area contributed by atoms with Crippen LogP contribution in [0.25, 0.3) is 0 Å². The van der Waals surface area contributed by atoms with E-state index in [1.54, 1.807) is 6.20 Å². The van der Waals surface area contributed by atoms with Crippen LogP contribution in [0.5, 0.6) is 0 Å². The third kappa shape index (κ3) is 3.48. The summed E-state index contributed by atoms with van der Waals surface area (Å²) in [7, 11) is 0. The Balaban J connectivity index is 1.94. The second-order valence-electron chi connectivity index (χ2n) is 4.30. The SMILES string of the molecule is CC(Cn1cccn1)NC(C)c1cc(Cl)sc1Cl. The molecule has 2 heterocycles. The summed E-state index contributed by atoms with van der Waals surface area (Å²) in [6, 6.07) is 4.32. The molecule has 2 atom stereocenters. The van der Waals surface area contributed by atoms with E-state index >= 15 is 0 Å². The molecule has 0 fully saturated rings. The average Bonchev–Trinajstić information content (AvgIpc) is 2.88. The molecule has 6 heteroatoms. The second-order valence-corrected chi connectivity index (χ2v) is 6.58. The molecular formula is C12H15Cl2N3S. The Labute approximate surface area is 121 Å². The summed E-state index contributed by atoms with van der Waals surface area (Å²) in [5.74, 6) is 0. The molecule has 0 radical (unpaired) electrons. The predicted molar refractivity (Wildman–Crippen MR) is 77.6 cm³/mol. The van der Waals surface area contributed by atoms with Crippen LogP contribution in [0.15, 0.2) is 24.5 Å². The van der Waals surface area contributed by atoms with Crippen LogP contribution >= 0.6 is 34.5 Å². The number of hydrogen-bond acceptors (Lipinski definition) is 3. The summed E-state index contributed by atoms with van der Waals surface area (Å²) in [5.41, 5.74) is 1.05. The highest BCUT2D eigenvalue weighted by molar-refractivity contribution is 7.20. The summed E-state index contributed by atoms with van der Waals surface area (Å²) in [6.45, 7) is 5.04. The molecule has 2 aromatic rings. The van der Waals surface area contributed by atoms with Gasteiger partial charge in [-0.2, -0.15) is 5.10 Å². The van der Waals surface area contributed by atoms with Crippen molar-refractivity contribution in [1.29, 1.82) is 0 Å². The number of hydrogen-bond donors (Lipinski definition) is 1. The molecule has 2 aromatic heterocycles. The zero-order chi connectivity index (χ0) is 13.1. The molecule has 0 aliphatic rings. The van der Waals surface area contributed by atoms with Gasteiger partial charge in [-0.25, -0.2) is 0 Å². The van der Waals surface area contributed by atoms with Crippen LogP contribution in [0.4, 0.5) is 0 Å². The van der Waals surface area contributed by atoms with Crippen LogP contribution in [-0.4, -0.2) is 15.8 Å². The van der Waals surface area contributed by atoms with Crippen molar-refractivity contribution in [2.24, 2.45) is 0 Å². The normalized spacial score (nSPS) is 14.7. The minimum Gasteiger partial charge on any atom is -0.306 e. The Morgan fingerprint density at radius 1 is 1.44 bits per heavy atom. The van der Waals surface area contributed by atoms with Crippen molar-refractivity contribution in [2.45, 2.75) is 32.5 Å². The maximum absolute atomic E-state index is 6.14. The fraction of sp³-hybridized carbons (Fsp3) is 0.417. The van der Waals surface area contributed by atoms with Gasteiger partial charge in [0, 0.05) is 24.5 Å². The van der Waals surface area contributed by atoms with E-state index in [0.717, 1.165) is 20.8 Å². The van der Waals surface area contributed by atoms with Gasteiger partial charge in [-0.1, -0.05) is 23.2 Å². The molecule has 0 aliphatic carbocycles. The molecule has 3 nitrogen and oxygen atoms in total. The first-order valence-corrected chi connectivity index (χ1v) is 7.31. The van der Waals surface area contributed by atoms with Crippen LogP contribution in [0.1, 0.15) is 25.5 Å². The highest BCUT2D eigenvalue weighted by Crippen LogP contribution is 2.34. The minimum absolute atomic E-state index is 0.173. The van der Waals surface area contributed by atoms with Crippen LogP contribution < -0.4 is 5.32 Å². The summed E-state index contributed by atoms with van der Waals surface area (Å²) in [6.07, 6.45) is 3.74. The molecule has 2 rings (SSSR count). The van der Waals surface area contributed by atoms with Gasteiger partial charge in [-0.05, 0) is 31.5 Å². The minimum atomic E-state index is 0.173. The standard InChI is InChI=1S/C12H15Cl2N3S/c1-8(7-17-5-3-4-15-17)16-9(2)10-6-11(13)18-12(10)14/h3-6,8-9,16H,7H2,1-2H3. The number of aromatic nitrogens is 2. The molecule has 0 saturated carbocycles. The Bertz CT molecular complexity index is 495.